The highest BCUT2D eigenvalue weighted by molar-refractivity contribution is 5.96. The summed E-state index contributed by atoms with van der Waals surface area (Å²) in [4.78, 5) is 12.7. The second-order valence-corrected chi connectivity index (χ2v) is 5.81. The van der Waals surface area contributed by atoms with E-state index in [0.29, 0.717) is 6.42 Å². The second kappa shape index (κ2) is 7.06. The summed E-state index contributed by atoms with van der Waals surface area (Å²) >= 11 is 0. The van der Waals surface area contributed by atoms with Gasteiger partial charge in [-0.25, -0.2) is 0 Å². The molecule has 0 aromatic heterocycles. The Kier molecular flexibility index (Phi) is 4.68. The largest absolute Gasteiger partial charge is 0.294 e. The molecule has 3 aromatic rings. The minimum Gasteiger partial charge on any atom is -0.294 e. The molecular formula is C22H20O. The van der Waals surface area contributed by atoms with Gasteiger partial charge < -0.3 is 0 Å². The summed E-state index contributed by atoms with van der Waals surface area (Å²) in [6.07, 6.45) is 0.485. The van der Waals surface area contributed by atoms with Crippen molar-refractivity contribution in [2.45, 2.75) is 19.3 Å². The maximum Gasteiger partial charge on any atom is 0.163 e. The summed E-state index contributed by atoms with van der Waals surface area (Å²) in [5, 5.41) is 0. The maximum atomic E-state index is 12.7. The molecule has 0 spiro atoms. The minimum atomic E-state index is 0.0881. The van der Waals surface area contributed by atoms with E-state index in [2.05, 4.69) is 31.2 Å². The summed E-state index contributed by atoms with van der Waals surface area (Å²) in [6.45, 7) is 2.11. The zero-order valence-electron chi connectivity index (χ0n) is 13.3. The number of carbonyl (C=O) groups is 1. The van der Waals surface area contributed by atoms with Crippen molar-refractivity contribution in [3.63, 3.8) is 0 Å². The lowest BCUT2D eigenvalue weighted by Gasteiger charge is -2.19. The smallest absolute Gasteiger partial charge is 0.163 e. The Morgan fingerprint density at radius 2 is 1.35 bits per heavy atom. The minimum absolute atomic E-state index is 0.0881. The van der Waals surface area contributed by atoms with Gasteiger partial charge in [-0.2, -0.15) is 0 Å². The average Bonchev–Trinajstić information content (AvgIpc) is 2.62. The molecule has 1 heteroatoms. The fourth-order valence-corrected chi connectivity index (χ4v) is 3.00. The van der Waals surface area contributed by atoms with Gasteiger partial charge in [0.15, 0.2) is 5.78 Å². The first-order valence-electron chi connectivity index (χ1n) is 7.94. The van der Waals surface area contributed by atoms with Crippen molar-refractivity contribution in [2.24, 2.45) is 0 Å². The summed E-state index contributed by atoms with van der Waals surface area (Å²) in [6, 6.07) is 28.2. The number of hydrogen-bond donors (Lipinski definition) is 0. The first kappa shape index (κ1) is 15.2. The lowest BCUT2D eigenvalue weighted by molar-refractivity contribution is 0.0977. The Morgan fingerprint density at radius 1 is 0.783 bits per heavy atom. The lowest BCUT2D eigenvalue weighted by atomic mass is 9.84. The van der Waals surface area contributed by atoms with Gasteiger partial charge in [0.2, 0.25) is 0 Å². The monoisotopic (exact) mass is 300 g/mol. The molecule has 0 aliphatic carbocycles. The van der Waals surface area contributed by atoms with Gasteiger partial charge in [-0.05, 0) is 23.6 Å². The number of rotatable bonds is 5. The van der Waals surface area contributed by atoms with Crippen molar-refractivity contribution >= 4 is 5.78 Å². The molecule has 0 aliphatic heterocycles. The SMILES string of the molecule is Cc1ccccc1C(CC(=O)c1ccccc1)c1ccccc1. The maximum absolute atomic E-state index is 12.7. The third-order valence-corrected chi connectivity index (χ3v) is 4.25. The topological polar surface area (TPSA) is 17.1 Å². The van der Waals surface area contributed by atoms with Crippen LogP contribution in [0.5, 0.6) is 0 Å². The molecule has 23 heavy (non-hydrogen) atoms. The number of benzene rings is 3. The first-order chi connectivity index (χ1) is 11.3. The van der Waals surface area contributed by atoms with Gasteiger partial charge >= 0.3 is 0 Å². The van der Waals surface area contributed by atoms with Crippen LogP contribution in [0.2, 0.25) is 0 Å². The van der Waals surface area contributed by atoms with E-state index >= 15 is 0 Å². The molecule has 0 amide bonds. The molecule has 0 heterocycles. The Balaban J connectivity index is 1.97. The van der Waals surface area contributed by atoms with E-state index in [-0.39, 0.29) is 11.7 Å². The number of aryl methyl sites for hydroxylation is 1. The molecule has 0 fully saturated rings. The first-order valence-corrected chi connectivity index (χ1v) is 7.94. The van der Waals surface area contributed by atoms with Crippen molar-refractivity contribution < 1.29 is 4.79 Å². The van der Waals surface area contributed by atoms with Crippen LogP contribution in [0, 0.1) is 6.92 Å². The summed E-state index contributed by atoms with van der Waals surface area (Å²) in [5.74, 6) is 0.271. The molecule has 1 unspecified atom stereocenters. The van der Waals surface area contributed by atoms with E-state index in [4.69, 9.17) is 0 Å². The summed E-state index contributed by atoms with van der Waals surface area (Å²) < 4.78 is 0. The van der Waals surface area contributed by atoms with Crippen LogP contribution in [0.3, 0.4) is 0 Å². The van der Waals surface area contributed by atoms with Crippen molar-refractivity contribution in [1.29, 1.82) is 0 Å². The van der Waals surface area contributed by atoms with Crippen LogP contribution in [0.25, 0.3) is 0 Å². The molecular weight excluding hydrogens is 280 g/mol. The van der Waals surface area contributed by atoms with Gasteiger partial charge in [0.1, 0.15) is 0 Å². The second-order valence-electron chi connectivity index (χ2n) is 5.81. The third-order valence-electron chi connectivity index (χ3n) is 4.25. The lowest BCUT2D eigenvalue weighted by Crippen LogP contribution is -2.10. The van der Waals surface area contributed by atoms with E-state index in [1.807, 2.05) is 60.7 Å². The highest BCUT2D eigenvalue weighted by Gasteiger charge is 2.20. The Hall–Kier alpha value is -2.67. The Bertz CT molecular complexity index is 775. The van der Waals surface area contributed by atoms with Crippen LogP contribution in [0.15, 0.2) is 84.9 Å². The predicted octanol–water partition coefficient (Wildman–Crippen LogP) is 5.40. The van der Waals surface area contributed by atoms with Gasteiger partial charge in [0.05, 0.1) is 0 Å². The number of Topliss-reactive ketones (excluding diaryl/α,β-unsaturated/α-hetero) is 1. The molecule has 3 rings (SSSR count). The van der Waals surface area contributed by atoms with Gasteiger partial charge in [0.25, 0.3) is 0 Å². The molecule has 3 aromatic carbocycles. The highest BCUT2D eigenvalue weighted by atomic mass is 16.1. The van der Waals surface area contributed by atoms with E-state index in [1.165, 1.54) is 16.7 Å². The molecule has 1 atom stereocenters. The average molecular weight is 300 g/mol. The standard InChI is InChI=1S/C22H20O/c1-17-10-8-9-15-20(17)21(18-11-4-2-5-12-18)16-22(23)19-13-6-3-7-14-19/h2-15,21H,16H2,1H3. The van der Waals surface area contributed by atoms with Crippen LogP contribution in [0.1, 0.15) is 39.4 Å². The normalized spacial score (nSPS) is 11.9. The van der Waals surface area contributed by atoms with E-state index < -0.39 is 0 Å². The molecule has 0 saturated carbocycles. The number of ketones is 1. The van der Waals surface area contributed by atoms with Crippen molar-refractivity contribution in [2.75, 3.05) is 0 Å². The fraction of sp³-hybridized carbons (Fsp3) is 0.136. The highest BCUT2D eigenvalue weighted by Crippen LogP contribution is 2.31. The Morgan fingerprint density at radius 3 is 2.00 bits per heavy atom. The van der Waals surface area contributed by atoms with E-state index in [0.717, 1.165) is 5.56 Å². The summed E-state index contributed by atoms with van der Waals surface area (Å²) in [7, 11) is 0. The molecule has 0 bridgehead atoms. The number of carbonyl (C=O) groups excluding carboxylic acids is 1. The van der Waals surface area contributed by atoms with Crippen molar-refractivity contribution in [3.8, 4) is 0 Å². The fourth-order valence-electron chi connectivity index (χ4n) is 3.00. The van der Waals surface area contributed by atoms with Crippen molar-refractivity contribution in [3.05, 3.63) is 107 Å². The number of hydrogen-bond acceptors (Lipinski definition) is 1. The third kappa shape index (κ3) is 3.57. The predicted molar refractivity (Wildman–Crippen MR) is 94.9 cm³/mol. The van der Waals surface area contributed by atoms with Crippen LogP contribution < -0.4 is 0 Å². The van der Waals surface area contributed by atoms with Gasteiger partial charge in [-0.15, -0.1) is 0 Å². The van der Waals surface area contributed by atoms with E-state index in [1.54, 1.807) is 0 Å². The zero-order chi connectivity index (χ0) is 16.1. The van der Waals surface area contributed by atoms with E-state index in [9.17, 15) is 4.79 Å². The van der Waals surface area contributed by atoms with Crippen LogP contribution in [-0.4, -0.2) is 5.78 Å². The Labute approximate surface area is 137 Å². The molecule has 0 saturated heterocycles. The van der Waals surface area contributed by atoms with Gasteiger partial charge in [-0.1, -0.05) is 84.9 Å². The van der Waals surface area contributed by atoms with Crippen molar-refractivity contribution in [1.82, 2.24) is 0 Å². The van der Waals surface area contributed by atoms with Crippen LogP contribution in [0.4, 0.5) is 0 Å². The van der Waals surface area contributed by atoms with Gasteiger partial charge in [-0.3, -0.25) is 4.79 Å². The van der Waals surface area contributed by atoms with Gasteiger partial charge in [0, 0.05) is 17.9 Å². The quantitative estimate of drug-likeness (QED) is 0.577. The summed E-state index contributed by atoms with van der Waals surface area (Å²) in [5.41, 5.74) is 4.42. The zero-order valence-corrected chi connectivity index (χ0v) is 13.3. The molecule has 0 radical (unpaired) electrons. The molecule has 0 N–H and O–H groups in total. The molecule has 1 nitrogen and oxygen atoms in total. The molecule has 114 valence electrons. The van der Waals surface area contributed by atoms with Crippen LogP contribution in [-0.2, 0) is 0 Å². The van der Waals surface area contributed by atoms with Crippen LogP contribution >= 0.6 is 0 Å². The molecule has 0 aliphatic rings.